The van der Waals surface area contributed by atoms with Crippen LogP contribution in [0.1, 0.15) is 33.1 Å². The molecule has 4 nitrogen and oxygen atoms in total. The number of anilines is 1. The fraction of sp³-hybridized carbons (Fsp3) is 0.812. The first-order chi connectivity index (χ1) is 10.0. The highest BCUT2D eigenvalue weighted by Crippen LogP contribution is 2.39. The Morgan fingerprint density at radius 3 is 2.76 bits per heavy atom. The minimum absolute atomic E-state index is 0.102. The zero-order valence-electron chi connectivity index (χ0n) is 13.2. The van der Waals surface area contributed by atoms with Crippen molar-refractivity contribution in [2.45, 2.75) is 39.2 Å². The van der Waals surface area contributed by atoms with Gasteiger partial charge >= 0.3 is 0 Å². The summed E-state index contributed by atoms with van der Waals surface area (Å²) in [6, 6.07) is 0. The smallest absolute Gasteiger partial charge is 0.185 e. The Hall–Kier alpha value is -0.650. The van der Waals surface area contributed by atoms with Gasteiger partial charge in [0.2, 0.25) is 0 Å². The van der Waals surface area contributed by atoms with Crippen LogP contribution >= 0.6 is 11.3 Å². The van der Waals surface area contributed by atoms with E-state index in [1.54, 1.807) is 11.3 Å². The molecule has 1 saturated heterocycles. The van der Waals surface area contributed by atoms with Gasteiger partial charge in [0.15, 0.2) is 5.13 Å². The summed E-state index contributed by atoms with van der Waals surface area (Å²) in [6.07, 6.45) is 5.06. The van der Waals surface area contributed by atoms with Gasteiger partial charge in [0, 0.05) is 44.3 Å². The molecule has 0 bridgehead atoms. The van der Waals surface area contributed by atoms with E-state index < -0.39 is 0 Å². The van der Waals surface area contributed by atoms with Crippen molar-refractivity contribution in [1.29, 1.82) is 0 Å². The molecule has 1 aromatic rings. The molecule has 2 aliphatic rings. The standard InChI is InChI=1S/C16H27N3OS/c1-16(2)4-3-14(20)13(11-16)12-18-6-8-19(9-7-18)15-17-5-10-21-15/h5,10,13-14,20H,3-4,6-9,11-12H2,1-2H3. The van der Waals surface area contributed by atoms with Crippen LogP contribution in [0.5, 0.6) is 0 Å². The number of aliphatic hydroxyl groups excluding tert-OH is 1. The molecule has 3 rings (SSSR count). The molecule has 118 valence electrons. The van der Waals surface area contributed by atoms with Crippen molar-refractivity contribution in [1.82, 2.24) is 9.88 Å². The molecule has 1 aromatic heterocycles. The van der Waals surface area contributed by atoms with Crippen LogP contribution in [0.3, 0.4) is 0 Å². The normalized spacial score (nSPS) is 30.5. The zero-order chi connectivity index (χ0) is 14.9. The van der Waals surface area contributed by atoms with Crippen LogP contribution in [0.25, 0.3) is 0 Å². The van der Waals surface area contributed by atoms with E-state index in [1.165, 1.54) is 0 Å². The second-order valence-electron chi connectivity index (χ2n) is 7.34. The Morgan fingerprint density at radius 1 is 1.33 bits per heavy atom. The average molecular weight is 309 g/mol. The maximum absolute atomic E-state index is 10.3. The zero-order valence-corrected chi connectivity index (χ0v) is 14.0. The van der Waals surface area contributed by atoms with Gasteiger partial charge < -0.3 is 10.0 Å². The van der Waals surface area contributed by atoms with Gasteiger partial charge in [-0.3, -0.25) is 4.90 Å². The minimum Gasteiger partial charge on any atom is -0.393 e. The highest BCUT2D eigenvalue weighted by atomic mass is 32.1. The Balaban J connectivity index is 1.51. The molecule has 21 heavy (non-hydrogen) atoms. The fourth-order valence-corrected chi connectivity index (χ4v) is 4.43. The van der Waals surface area contributed by atoms with E-state index in [0.717, 1.165) is 57.1 Å². The average Bonchev–Trinajstić information content (AvgIpc) is 2.98. The summed E-state index contributed by atoms with van der Waals surface area (Å²) in [5, 5.41) is 13.5. The van der Waals surface area contributed by atoms with Gasteiger partial charge in [0.05, 0.1) is 6.10 Å². The van der Waals surface area contributed by atoms with E-state index in [0.29, 0.717) is 11.3 Å². The molecule has 5 heteroatoms. The maximum atomic E-state index is 10.3. The van der Waals surface area contributed by atoms with Crippen LogP contribution in [0.4, 0.5) is 5.13 Å². The third-order valence-electron chi connectivity index (χ3n) is 5.03. The summed E-state index contributed by atoms with van der Waals surface area (Å²) >= 11 is 1.72. The van der Waals surface area contributed by atoms with Gasteiger partial charge in [0.25, 0.3) is 0 Å². The van der Waals surface area contributed by atoms with Crippen LogP contribution in [-0.2, 0) is 0 Å². The number of nitrogens with zero attached hydrogens (tertiary/aromatic N) is 3. The van der Waals surface area contributed by atoms with E-state index in [1.807, 2.05) is 11.6 Å². The fourth-order valence-electron chi connectivity index (χ4n) is 3.73. The van der Waals surface area contributed by atoms with Crippen molar-refractivity contribution in [3.8, 4) is 0 Å². The monoisotopic (exact) mass is 309 g/mol. The first kappa shape index (κ1) is 15.3. The van der Waals surface area contributed by atoms with Crippen molar-refractivity contribution in [2.75, 3.05) is 37.6 Å². The molecule has 0 radical (unpaired) electrons. The van der Waals surface area contributed by atoms with Gasteiger partial charge in [-0.1, -0.05) is 13.8 Å². The van der Waals surface area contributed by atoms with Crippen molar-refractivity contribution in [2.24, 2.45) is 11.3 Å². The van der Waals surface area contributed by atoms with Gasteiger partial charge in [-0.2, -0.15) is 0 Å². The molecule has 0 spiro atoms. The Labute approximate surface area is 131 Å². The highest BCUT2D eigenvalue weighted by molar-refractivity contribution is 7.13. The van der Waals surface area contributed by atoms with Crippen molar-refractivity contribution in [3.63, 3.8) is 0 Å². The van der Waals surface area contributed by atoms with Crippen LogP contribution < -0.4 is 4.90 Å². The number of hydrogen-bond donors (Lipinski definition) is 1. The summed E-state index contributed by atoms with van der Waals surface area (Å²) in [4.78, 5) is 9.30. The Bertz CT molecular complexity index is 440. The van der Waals surface area contributed by atoms with Crippen LogP contribution in [0, 0.1) is 11.3 Å². The molecule has 0 aromatic carbocycles. The molecule has 2 heterocycles. The lowest BCUT2D eigenvalue weighted by Crippen LogP contribution is -2.50. The summed E-state index contributed by atoms with van der Waals surface area (Å²) < 4.78 is 0. The molecule has 1 N–H and O–H groups in total. The molecule has 1 aliphatic heterocycles. The predicted molar refractivity (Wildman–Crippen MR) is 87.9 cm³/mol. The largest absolute Gasteiger partial charge is 0.393 e. The molecule has 2 unspecified atom stereocenters. The number of aliphatic hydroxyl groups is 1. The summed E-state index contributed by atoms with van der Waals surface area (Å²) in [6.45, 7) is 10.0. The van der Waals surface area contributed by atoms with Gasteiger partial charge in [-0.05, 0) is 30.6 Å². The number of aromatic nitrogens is 1. The van der Waals surface area contributed by atoms with Gasteiger partial charge in [-0.25, -0.2) is 4.98 Å². The third-order valence-corrected chi connectivity index (χ3v) is 5.86. The van der Waals surface area contributed by atoms with Crippen LogP contribution in [0.15, 0.2) is 11.6 Å². The first-order valence-corrected chi connectivity index (χ1v) is 8.96. The van der Waals surface area contributed by atoms with Crippen molar-refractivity contribution >= 4 is 16.5 Å². The maximum Gasteiger partial charge on any atom is 0.185 e. The second kappa shape index (κ2) is 6.23. The summed E-state index contributed by atoms with van der Waals surface area (Å²) in [5.74, 6) is 0.445. The SMILES string of the molecule is CC1(C)CCC(O)C(CN2CCN(c3nccs3)CC2)C1. The highest BCUT2D eigenvalue weighted by Gasteiger charge is 2.35. The predicted octanol–water partition coefficient (Wildman–Crippen LogP) is 2.45. The number of thiazole rings is 1. The van der Waals surface area contributed by atoms with E-state index in [4.69, 9.17) is 0 Å². The summed E-state index contributed by atoms with van der Waals surface area (Å²) in [5.41, 5.74) is 0.395. The lowest BCUT2D eigenvalue weighted by molar-refractivity contribution is 0.00351. The molecule has 2 atom stereocenters. The molecule has 1 aliphatic carbocycles. The van der Waals surface area contributed by atoms with E-state index in [-0.39, 0.29) is 6.10 Å². The Kier molecular flexibility index (Phi) is 4.52. The summed E-state index contributed by atoms with van der Waals surface area (Å²) in [7, 11) is 0. The number of rotatable bonds is 3. The van der Waals surface area contributed by atoms with E-state index >= 15 is 0 Å². The van der Waals surface area contributed by atoms with E-state index in [9.17, 15) is 5.11 Å². The molecular weight excluding hydrogens is 282 g/mol. The number of hydrogen-bond acceptors (Lipinski definition) is 5. The van der Waals surface area contributed by atoms with Gasteiger partial charge in [-0.15, -0.1) is 11.3 Å². The van der Waals surface area contributed by atoms with Gasteiger partial charge in [0.1, 0.15) is 0 Å². The Morgan fingerprint density at radius 2 is 2.10 bits per heavy atom. The lowest BCUT2D eigenvalue weighted by atomic mass is 9.70. The number of piperazine rings is 1. The molecule has 2 fully saturated rings. The topological polar surface area (TPSA) is 39.6 Å². The first-order valence-electron chi connectivity index (χ1n) is 8.08. The van der Waals surface area contributed by atoms with Crippen molar-refractivity contribution in [3.05, 3.63) is 11.6 Å². The third kappa shape index (κ3) is 3.76. The minimum atomic E-state index is -0.102. The molecule has 1 saturated carbocycles. The quantitative estimate of drug-likeness (QED) is 0.931. The molecular formula is C16H27N3OS. The van der Waals surface area contributed by atoms with E-state index in [2.05, 4.69) is 28.6 Å². The van der Waals surface area contributed by atoms with Crippen LogP contribution in [0.2, 0.25) is 0 Å². The van der Waals surface area contributed by atoms with Crippen molar-refractivity contribution < 1.29 is 5.11 Å². The van der Waals surface area contributed by atoms with Crippen LogP contribution in [-0.4, -0.2) is 53.8 Å². The molecule has 0 amide bonds. The lowest BCUT2D eigenvalue weighted by Gasteiger charge is -2.42. The second-order valence-corrected chi connectivity index (χ2v) is 8.21.